The van der Waals surface area contributed by atoms with E-state index in [1.54, 1.807) is 30.5 Å². The van der Waals surface area contributed by atoms with Gasteiger partial charge in [-0.1, -0.05) is 15.9 Å². The molecule has 0 unspecified atom stereocenters. The second kappa shape index (κ2) is 5.09. The van der Waals surface area contributed by atoms with Gasteiger partial charge in [0.05, 0.1) is 5.52 Å². The highest BCUT2D eigenvalue weighted by Gasteiger charge is 2.06. The van der Waals surface area contributed by atoms with Crippen molar-refractivity contribution in [3.63, 3.8) is 0 Å². The van der Waals surface area contributed by atoms with Crippen LogP contribution in [0.3, 0.4) is 0 Å². The molecule has 2 aromatic carbocycles. The molecule has 3 nitrogen and oxygen atoms in total. The van der Waals surface area contributed by atoms with Crippen LogP contribution in [0.2, 0.25) is 0 Å². The lowest BCUT2D eigenvalue weighted by Gasteiger charge is -2.09. The summed E-state index contributed by atoms with van der Waals surface area (Å²) in [5.74, 6) is 0.658. The number of rotatable bonds is 2. The zero-order valence-electron chi connectivity index (χ0n) is 10.3. The summed E-state index contributed by atoms with van der Waals surface area (Å²) >= 11 is 3.24. The van der Waals surface area contributed by atoms with E-state index in [2.05, 4.69) is 20.9 Å². The molecule has 0 amide bonds. The zero-order chi connectivity index (χ0) is 14.1. The van der Waals surface area contributed by atoms with Gasteiger partial charge in [-0.05, 0) is 36.4 Å². The molecule has 0 saturated carbocycles. The van der Waals surface area contributed by atoms with Gasteiger partial charge in [-0.25, -0.2) is 4.39 Å². The molecule has 0 saturated heterocycles. The maximum Gasteiger partial charge on any atom is 0.138 e. The largest absolute Gasteiger partial charge is 0.456 e. The van der Waals surface area contributed by atoms with Crippen molar-refractivity contribution in [1.82, 2.24) is 4.98 Å². The summed E-state index contributed by atoms with van der Waals surface area (Å²) in [6.45, 7) is 0. The predicted octanol–water partition coefficient (Wildman–Crippen LogP) is 4.51. The Hall–Kier alpha value is -2.14. The first-order chi connectivity index (χ1) is 9.61. The van der Waals surface area contributed by atoms with Crippen LogP contribution >= 0.6 is 15.9 Å². The van der Waals surface area contributed by atoms with Gasteiger partial charge in [0.1, 0.15) is 17.3 Å². The van der Waals surface area contributed by atoms with E-state index >= 15 is 0 Å². The molecule has 0 spiro atoms. The number of benzene rings is 2. The highest BCUT2D eigenvalue weighted by molar-refractivity contribution is 9.10. The maximum absolute atomic E-state index is 13.4. The van der Waals surface area contributed by atoms with Gasteiger partial charge in [-0.2, -0.15) is 0 Å². The van der Waals surface area contributed by atoms with Gasteiger partial charge in [-0.15, -0.1) is 0 Å². The molecule has 0 aliphatic heterocycles. The minimum atomic E-state index is -0.364. The average molecular weight is 333 g/mol. The SMILES string of the molecule is Nc1ccc2c(Oc3cc(F)cc(Br)c3)ccnc2c1. The molecule has 1 aromatic heterocycles. The molecular weight excluding hydrogens is 323 g/mol. The van der Waals surface area contributed by atoms with E-state index in [-0.39, 0.29) is 5.82 Å². The van der Waals surface area contributed by atoms with Crippen LogP contribution in [0.4, 0.5) is 10.1 Å². The zero-order valence-corrected chi connectivity index (χ0v) is 11.9. The maximum atomic E-state index is 13.4. The van der Waals surface area contributed by atoms with Crippen LogP contribution in [0, 0.1) is 5.82 Å². The van der Waals surface area contributed by atoms with Crippen LogP contribution in [0.25, 0.3) is 10.9 Å². The fourth-order valence-electron chi connectivity index (χ4n) is 1.94. The molecule has 0 bridgehead atoms. The van der Waals surface area contributed by atoms with Crippen LogP contribution in [0.15, 0.2) is 53.1 Å². The summed E-state index contributed by atoms with van der Waals surface area (Å²) in [7, 11) is 0. The third-order valence-electron chi connectivity index (χ3n) is 2.79. The first-order valence-electron chi connectivity index (χ1n) is 5.90. The monoisotopic (exact) mass is 332 g/mol. The van der Waals surface area contributed by atoms with Crippen molar-refractivity contribution in [3.8, 4) is 11.5 Å². The molecule has 5 heteroatoms. The first-order valence-corrected chi connectivity index (χ1v) is 6.69. The number of anilines is 1. The topological polar surface area (TPSA) is 48.1 Å². The van der Waals surface area contributed by atoms with E-state index in [1.165, 1.54) is 12.1 Å². The summed E-state index contributed by atoms with van der Waals surface area (Å²) in [5, 5.41) is 0.821. The number of hydrogen-bond acceptors (Lipinski definition) is 3. The van der Waals surface area contributed by atoms with Gasteiger partial charge in [-0.3, -0.25) is 4.98 Å². The highest BCUT2D eigenvalue weighted by atomic mass is 79.9. The van der Waals surface area contributed by atoms with Gasteiger partial charge < -0.3 is 10.5 Å². The smallest absolute Gasteiger partial charge is 0.138 e. The van der Waals surface area contributed by atoms with Gasteiger partial charge in [0.25, 0.3) is 0 Å². The van der Waals surface area contributed by atoms with Crippen LogP contribution < -0.4 is 10.5 Å². The molecule has 20 heavy (non-hydrogen) atoms. The predicted molar refractivity (Wildman–Crippen MR) is 80.3 cm³/mol. The second-order valence-electron chi connectivity index (χ2n) is 4.29. The highest BCUT2D eigenvalue weighted by Crippen LogP contribution is 2.31. The Bertz CT molecular complexity index is 772. The van der Waals surface area contributed by atoms with Crippen molar-refractivity contribution in [2.45, 2.75) is 0 Å². The molecule has 1 heterocycles. The third kappa shape index (κ3) is 2.58. The summed E-state index contributed by atoms with van der Waals surface area (Å²) in [6.07, 6.45) is 1.63. The summed E-state index contributed by atoms with van der Waals surface area (Å²) < 4.78 is 19.7. The van der Waals surface area contributed by atoms with E-state index in [0.29, 0.717) is 21.7 Å². The van der Waals surface area contributed by atoms with Crippen LogP contribution in [-0.2, 0) is 0 Å². The van der Waals surface area contributed by atoms with Gasteiger partial charge in [0.2, 0.25) is 0 Å². The molecule has 0 aliphatic carbocycles. The summed E-state index contributed by atoms with van der Waals surface area (Å²) in [4.78, 5) is 4.24. The van der Waals surface area contributed by atoms with E-state index in [9.17, 15) is 4.39 Å². The quantitative estimate of drug-likeness (QED) is 0.702. The fraction of sp³-hybridized carbons (Fsp3) is 0. The van der Waals surface area contributed by atoms with Crippen molar-refractivity contribution in [3.05, 3.63) is 59.0 Å². The number of hydrogen-bond donors (Lipinski definition) is 1. The van der Waals surface area contributed by atoms with Crippen molar-refractivity contribution in [2.75, 3.05) is 5.73 Å². The van der Waals surface area contributed by atoms with Crippen LogP contribution in [-0.4, -0.2) is 4.98 Å². The van der Waals surface area contributed by atoms with E-state index in [4.69, 9.17) is 10.5 Å². The lowest BCUT2D eigenvalue weighted by Crippen LogP contribution is -1.90. The van der Waals surface area contributed by atoms with Gasteiger partial charge >= 0.3 is 0 Å². The van der Waals surface area contributed by atoms with Crippen molar-refractivity contribution >= 4 is 32.5 Å². The van der Waals surface area contributed by atoms with Gasteiger partial charge in [0, 0.05) is 27.8 Å². The fourth-order valence-corrected chi connectivity index (χ4v) is 2.39. The number of nitrogen functional groups attached to an aromatic ring is 1. The lowest BCUT2D eigenvalue weighted by atomic mass is 10.2. The average Bonchev–Trinajstić information content (AvgIpc) is 2.37. The number of aromatic nitrogens is 1. The number of nitrogens with zero attached hydrogens (tertiary/aromatic N) is 1. The van der Waals surface area contributed by atoms with E-state index in [1.807, 2.05) is 6.07 Å². The van der Waals surface area contributed by atoms with Crippen LogP contribution in [0.1, 0.15) is 0 Å². The number of halogens is 2. The Morgan fingerprint density at radius 1 is 1.10 bits per heavy atom. The Labute approximate surface area is 123 Å². The Balaban J connectivity index is 2.06. The van der Waals surface area contributed by atoms with Crippen LogP contribution in [0.5, 0.6) is 11.5 Å². The normalized spacial score (nSPS) is 10.7. The summed E-state index contributed by atoms with van der Waals surface area (Å²) in [5.41, 5.74) is 7.10. The van der Waals surface area contributed by atoms with Crippen molar-refractivity contribution in [1.29, 1.82) is 0 Å². The van der Waals surface area contributed by atoms with E-state index < -0.39 is 0 Å². The van der Waals surface area contributed by atoms with Gasteiger partial charge in [0.15, 0.2) is 0 Å². The molecule has 3 aromatic rings. The molecule has 100 valence electrons. The number of nitrogens with two attached hydrogens (primary N) is 1. The Morgan fingerprint density at radius 3 is 2.75 bits per heavy atom. The molecule has 2 N–H and O–H groups in total. The van der Waals surface area contributed by atoms with Crippen molar-refractivity contribution < 1.29 is 9.13 Å². The first kappa shape index (κ1) is 12.9. The third-order valence-corrected chi connectivity index (χ3v) is 3.25. The molecule has 0 aliphatic rings. The standard InChI is InChI=1S/C15H10BrFN2O/c16-9-5-10(17)7-12(6-9)20-15-3-4-19-14-8-11(18)1-2-13(14)15/h1-8H,18H2. The lowest BCUT2D eigenvalue weighted by molar-refractivity contribution is 0.481. The Morgan fingerprint density at radius 2 is 1.95 bits per heavy atom. The molecule has 0 atom stereocenters. The van der Waals surface area contributed by atoms with Crippen molar-refractivity contribution in [2.24, 2.45) is 0 Å². The van der Waals surface area contributed by atoms with E-state index in [0.717, 1.165) is 10.9 Å². The molecule has 3 rings (SSSR count). The number of fused-ring (bicyclic) bond motifs is 1. The number of ether oxygens (including phenoxy) is 1. The summed E-state index contributed by atoms with van der Waals surface area (Å²) in [6, 6.07) is 11.5. The number of pyridine rings is 1. The molecule has 0 fully saturated rings. The molecule has 0 radical (unpaired) electrons. The molecular formula is C15H10BrFN2O. The minimum Gasteiger partial charge on any atom is -0.456 e. The minimum absolute atomic E-state index is 0.364. The second-order valence-corrected chi connectivity index (χ2v) is 5.21. The Kier molecular flexibility index (Phi) is 3.28.